The Kier molecular flexibility index (Phi) is 4.42. The number of aryl methyl sites for hydroxylation is 1. The smallest absolute Gasteiger partial charge is 0.227 e. The van der Waals surface area contributed by atoms with E-state index in [2.05, 4.69) is 20.1 Å². The van der Waals surface area contributed by atoms with Crippen LogP contribution in [0.4, 0.5) is 0 Å². The number of nitrogens with zero attached hydrogens (tertiary/aromatic N) is 3. The first-order chi connectivity index (χ1) is 12.2. The van der Waals surface area contributed by atoms with Gasteiger partial charge in [-0.15, -0.1) is 10.2 Å². The number of benzene rings is 1. The molecule has 25 heavy (non-hydrogen) atoms. The average Bonchev–Trinajstić information content (AvgIpc) is 2.90. The topological polar surface area (TPSA) is 69.0 Å². The molecule has 0 saturated carbocycles. The molecule has 1 N–H and O–H groups in total. The summed E-state index contributed by atoms with van der Waals surface area (Å²) in [7, 11) is 0. The lowest BCUT2D eigenvalue weighted by Gasteiger charge is -2.25. The summed E-state index contributed by atoms with van der Waals surface area (Å²) in [5, 5.41) is 11.8. The highest BCUT2D eigenvalue weighted by atomic mass is 16.5. The second-order valence-corrected chi connectivity index (χ2v) is 6.99. The van der Waals surface area contributed by atoms with Crippen LogP contribution < -0.4 is 10.1 Å². The zero-order valence-corrected chi connectivity index (χ0v) is 14.6. The molecule has 132 valence electrons. The third-order valence-electron chi connectivity index (χ3n) is 5.13. The molecule has 0 fully saturated rings. The van der Waals surface area contributed by atoms with Gasteiger partial charge in [0.1, 0.15) is 18.2 Å². The van der Waals surface area contributed by atoms with Gasteiger partial charge >= 0.3 is 0 Å². The second-order valence-electron chi connectivity index (χ2n) is 6.99. The molecule has 2 atom stereocenters. The van der Waals surface area contributed by atoms with E-state index >= 15 is 0 Å². The second kappa shape index (κ2) is 6.86. The molecule has 0 bridgehead atoms. The Labute approximate surface area is 147 Å². The molecule has 0 aliphatic carbocycles. The van der Waals surface area contributed by atoms with Gasteiger partial charge in [0.25, 0.3) is 0 Å². The number of rotatable bonds is 3. The van der Waals surface area contributed by atoms with Crippen LogP contribution in [0.15, 0.2) is 24.3 Å². The van der Waals surface area contributed by atoms with E-state index in [1.54, 1.807) is 0 Å². The van der Waals surface area contributed by atoms with E-state index in [4.69, 9.17) is 4.74 Å². The minimum absolute atomic E-state index is 0.0213. The molecule has 1 amide bonds. The summed E-state index contributed by atoms with van der Waals surface area (Å²) in [5.41, 5.74) is 1.10. The Morgan fingerprint density at radius 2 is 2.16 bits per heavy atom. The van der Waals surface area contributed by atoms with E-state index in [1.807, 2.05) is 31.2 Å². The lowest BCUT2D eigenvalue weighted by Crippen LogP contribution is -2.39. The van der Waals surface area contributed by atoms with Gasteiger partial charge in [-0.2, -0.15) is 0 Å². The van der Waals surface area contributed by atoms with Gasteiger partial charge in [-0.05, 0) is 37.8 Å². The predicted octanol–water partition coefficient (Wildman–Crippen LogP) is 2.43. The van der Waals surface area contributed by atoms with Crippen molar-refractivity contribution in [1.29, 1.82) is 0 Å². The van der Waals surface area contributed by atoms with Gasteiger partial charge in [0.05, 0.1) is 12.0 Å². The fraction of sp³-hybridized carbons (Fsp3) is 0.526. The van der Waals surface area contributed by atoms with Crippen molar-refractivity contribution in [2.45, 2.75) is 51.6 Å². The van der Waals surface area contributed by atoms with E-state index in [1.165, 1.54) is 6.42 Å². The minimum atomic E-state index is -0.163. The first-order valence-corrected chi connectivity index (χ1v) is 9.15. The normalized spacial score (nSPS) is 20.6. The van der Waals surface area contributed by atoms with Crippen LogP contribution in [0, 0.1) is 5.92 Å². The van der Waals surface area contributed by atoms with Gasteiger partial charge in [0, 0.05) is 13.0 Å². The number of hydrogen-bond acceptors (Lipinski definition) is 4. The first kappa shape index (κ1) is 16.1. The van der Waals surface area contributed by atoms with E-state index in [0.717, 1.165) is 48.8 Å². The highest BCUT2D eigenvalue weighted by molar-refractivity contribution is 5.80. The molecule has 0 radical (unpaired) electrons. The summed E-state index contributed by atoms with van der Waals surface area (Å²) in [6.45, 7) is 3.35. The molecule has 1 aromatic heterocycles. The monoisotopic (exact) mass is 340 g/mol. The van der Waals surface area contributed by atoms with Crippen molar-refractivity contribution in [2.24, 2.45) is 5.92 Å². The molecule has 2 aromatic rings. The number of carbonyl (C=O) groups is 1. The maximum absolute atomic E-state index is 12.7. The highest BCUT2D eigenvalue weighted by Crippen LogP contribution is 2.27. The largest absolute Gasteiger partial charge is 0.492 e. The average molecular weight is 340 g/mol. The molecule has 0 saturated heterocycles. The Hall–Kier alpha value is -2.37. The van der Waals surface area contributed by atoms with Crippen LogP contribution in [0.1, 0.15) is 49.4 Å². The van der Waals surface area contributed by atoms with Gasteiger partial charge in [0.2, 0.25) is 5.91 Å². The number of hydrogen-bond donors (Lipinski definition) is 1. The quantitative estimate of drug-likeness (QED) is 0.932. The summed E-state index contributed by atoms with van der Waals surface area (Å²) < 4.78 is 7.93. The molecule has 2 aliphatic rings. The maximum atomic E-state index is 12.7. The molecular formula is C19H24N4O2. The molecule has 6 heteroatoms. The summed E-state index contributed by atoms with van der Waals surface area (Å²) in [6, 6.07) is 7.77. The van der Waals surface area contributed by atoms with Crippen molar-refractivity contribution >= 4 is 5.91 Å². The Morgan fingerprint density at radius 3 is 3.08 bits per heavy atom. The van der Waals surface area contributed by atoms with Crippen LogP contribution in [0.2, 0.25) is 0 Å². The predicted molar refractivity (Wildman–Crippen MR) is 93.3 cm³/mol. The van der Waals surface area contributed by atoms with E-state index in [0.29, 0.717) is 13.0 Å². The van der Waals surface area contributed by atoms with Crippen LogP contribution in [0.3, 0.4) is 0 Å². The van der Waals surface area contributed by atoms with Crippen molar-refractivity contribution in [1.82, 2.24) is 20.1 Å². The van der Waals surface area contributed by atoms with Crippen molar-refractivity contribution in [3.05, 3.63) is 41.5 Å². The van der Waals surface area contributed by atoms with Gasteiger partial charge in [-0.1, -0.05) is 24.6 Å². The molecule has 0 unspecified atom stereocenters. The Bertz CT molecular complexity index is 771. The molecule has 1 aromatic carbocycles. The van der Waals surface area contributed by atoms with E-state index in [9.17, 15) is 4.79 Å². The number of aromatic nitrogens is 3. The fourth-order valence-corrected chi connectivity index (χ4v) is 3.72. The van der Waals surface area contributed by atoms with Crippen LogP contribution in [-0.4, -0.2) is 27.3 Å². The lowest BCUT2D eigenvalue weighted by atomic mass is 9.96. The zero-order valence-electron chi connectivity index (χ0n) is 14.6. The first-order valence-electron chi connectivity index (χ1n) is 9.15. The summed E-state index contributed by atoms with van der Waals surface area (Å²) >= 11 is 0. The standard InChI is InChI=1S/C19H24N4O2/c1-13(18-22-21-17-9-3-2-6-10-23(17)18)20-19(24)15-11-14-7-4-5-8-16(14)25-12-15/h4-5,7-8,13,15H,2-3,6,9-12H2,1H3,(H,20,24)/t13-,15-/m0/s1. The SMILES string of the molecule is C[C@H](NC(=O)[C@@H]1COc2ccccc2C1)c1nnc2n1CCCCC2. The van der Waals surface area contributed by atoms with Gasteiger partial charge in [-0.25, -0.2) is 0 Å². The number of carbonyl (C=O) groups excluding carboxylic acids is 1. The highest BCUT2D eigenvalue weighted by Gasteiger charge is 2.28. The van der Waals surface area contributed by atoms with Crippen molar-refractivity contribution in [3.8, 4) is 5.75 Å². The van der Waals surface area contributed by atoms with Crippen molar-refractivity contribution < 1.29 is 9.53 Å². The minimum Gasteiger partial charge on any atom is -0.492 e. The zero-order chi connectivity index (χ0) is 17.2. The molecule has 3 heterocycles. The third kappa shape index (κ3) is 3.25. The van der Waals surface area contributed by atoms with Gasteiger partial charge in [-0.3, -0.25) is 4.79 Å². The number of amides is 1. The van der Waals surface area contributed by atoms with Crippen LogP contribution in [0.5, 0.6) is 5.75 Å². The Morgan fingerprint density at radius 1 is 1.28 bits per heavy atom. The van der Waals surface area contributed by atoms with Gasteiger partial charge in [0.15, 0.2) is 5.82 Å². The molecule has 6 nitrogen and oxygen atoms in total. The molecular weight excluding hydrogens is 316 g/mol. The molecule has 2 aliphatic heterocycles. The summed E-state index contributed by atoms with van der Waals surface area (Å²) in [4.78, 5) is 12.7. The van der Waals surface area contributed by atoms with Crippen LogP contribution >= 0.6 is 0 Å². The fourth-order valence-electron chi connectivity index (χ4n) is 3.72. The maximum Gasteiger partial charge on any atom is 0.227 e. The third-order valence-corrected chi connectivity index (χ3v) is 5.13. The molecule has 0 spiro atoms. The number of para-hydroxylation sites is 1. The lowest BCUT2D eigenvalue weighted by molar-refractivity contribution is -0.127. The van der Waals surface area contributed by atoms with Gasteiger partial charge < -0.3 is 14.6 Å². The Balaban J connectivity index is 1.44. The number of ether oxygens (including phenoxy) is 1. The van der Waals surface area contributed by atoms with Crippen LogP contribution in [0.25, 0.3) is 0 Å². The number of fused-ring (bicyclic) bond motifs is 2. The number of nitrogens with one attached hydrogen (secondary N) is 1. The van der Waals surface area contributed by atoms with E-state index < -0.39 is 0 Å². The van der Waals surface area contributed by atoms with Crippen molar-refractivity contribution in [2.75, 3.05) is 6.61 Å². The van der Waals surface area contributed by atoms with Crippen molar-refractivity contribution in [3.63, 3.8) is 0 Å². The van der Waals surface area contributed by atoms with E-state index in [-0.39, 0.29) is 17.9 Å². The summed E-state index contributed by atoms with van der Waals surface area (Å²) in [5.74, 6) is 2.66. The summed E-state index contributed by atoms with van der Waals surface area (Å²) in [6.07, 6.45) is 5.22. The van der Waals surface area contributed by atoms with Crippen LogP contribution in [-0.2, 0) is 24.2 Å². The molecule has 4 rings (SSSR count).